The van der Waals surface area contributed by atoms with Gasteiger partial charge in [-0.25, -0.2) is 0 Å². The number of pyridine rings is 1. The van der Waals surface area contributed by atoms with Crippen LogP contribution >= 0.6 is 11.6 Å². The number of nitrogens with one attached hydrogen (secondary N) is 2. The van der Waals surface area contributed by atoms with E-state index in [9.17, 15) is 9.59 Å². The van der Waals surface area contributed by atoms with Gasteiger partial charge in [0.25, 0.3) is 10.9 Å². The summed E-state index contributed by atoms with van der Waals surface area (Å²) in [7, 11) is 0. The lowest BCUT2D eigenvalue weighted by Gasteiger charge is -2.15. The van der Waals surface area contributed by atoms with Crippen LogP contribution in [0.1, 0.15) is 5.56 Å². The van der Waals surface area contributed by atoms with Crippen LogP contribution in [-0.4, -0.2) is 4.98 Å². The van der Waals surface area contributed by atoms with E-state index >= 15 is 0 Å². The minimum absolute atomic E-state index is 0.267. The molecule has 0 aliphatic heterocycles. The lowest BCUT2D eigenvalue weighted by atomic mass is 10.1. The van der Waals surface area contributed by atoms with Gasteiger partial charge in [0.15, 0.2) is 0 Å². The van der Waals surface area contributed by atoms with Gasteiger partial charge in [-0.15, -0.1) is 0 Å². The van der Waals surface area contributed by atoms with Crippen LogP contribution < -0.4 is 26.2 Å². The largest absolute Gasteiger partial charge is 0.457 e. The van der Waals surface area contributed by atoms with E-state index in [1.54, 1.807) is 48.8 Å². The van der Waals surface area contributed by atoms with Gasteiger partial charge in [-0.2, -0.15) is 0 Å². The maximum atomic E-state index is 11.9. The van der Waals surface area contributed by atoms with Crippen molar-refractivity contribution < 1.29 is 4.74 Å². The molecule has 1 aromatic heterocycles. The Bertz CT molecular complexity index is 1180. The highest BCUT2D eigenvalue weighted by Crippen LogP contribution is 2.24. The van der Waals surface area contributed by atoms with Crippen molar-refractivity contribution in [2.24, 2.45) is 0 Å². The molecule has 0 radical (unpaired) electrons. The fourth-order valence-electron chi connectivity index (χ4n) is 2.76. The Morgan fingerprint density at radius 3 is 2.03 bits per heavy atom. The lowest BCUT2D eigenvalue weighted by Crippen LogP contribution is -2.36. The van der Waals surface area contributed by atoms with Crippen LogP contribution in [0.25, 0.3) is 0 Å². The smallest absolute Gasteiger partial charge is 0.253 e. The Morgan fingerprint density at radius 2 is 1.38 bits per heavy atom. The molecular weight excluding hydrogens is 390 g/mol. The summed E-state index contributed by atoms with van der Waals surface area (Å²) in [6.07, 6.45) is 3.21. The fourth-order valence-corrected chi connectivity index (χ4v) is 2.89. The third kappa shape index (κ3) is 4.28. The standard InChI is InChI=1S/C22H16ClN3O3/c23-15-3-7-18(8-4-15)29-17-5-1-14(2-6-17)13-25-19-20(22(28)21(19)27)26-16-9-11-24-12-10-16/h1-12,25H,13H2,(H,24,26). The van der Waals surface area contributed by atoms with Gasteiger partial charge in [-0.05, 0) is 54.1 Å². The molecule has 0 aliphatic rings. The zero-order valence-electron chi connectivity index (χ0n) is 15.2. The molecule has 0 fully saturated rings. The first-order chi connectivity index (χ1) is 14.1. The molecule has 0 unspecified atom stereocenters. The number of anilines is 3. The second kappa shape index (κ2) is 8.16. The molecule has 6 nitrogen and oxygen atoms in total. The number of rotatable bonds is 7. The Morgan fingerprint density at radius 1 is 0.793 bits per heavy atom. The number of ether oxygens (including phenoxy) is 1. The average Bonchev–Trinajstić information content (AvgIpc) is 2.76. The van der Waals surface area contributed by atoms with E-state index in [2.05, 4.69) is 15.6 Å². The van der Waals surface area contributed by atoms with Crippen LogP contribution in [0.5, 0.6) is 11.5 Å². The summed E-state index contributed by atoms with van der Waals surface area (Å²) >= 11 is 5.87. The molecule has 0 saturated carbocycles. The zero-order chi connectivity index (χ0) is 20.2. The van der Waals surface area contributed by atoms with Crippen LogP contribution in [0, 0.1) is 0 Å². The second-order valence-corrected chi connectivity index (χ2v) is 6.76. The highest BCUT2D eigenvalue weighted by molar-refractivity contribution is 6.30. The molecule has 0 atom stereocenters. The van der Waals surface area contributed by atoms with Crippen LogP contribution in [0.3, 0.4) is 0 Å². The number of aromatic nitrogens is 1. The summed E-state index contributed by atoms with van der Waals surface area (Å²) < 4.78 is 5.76. The molecule has 3 aromatic carbocycles. The van der Waals surface area contributed by atoms with Crippen molar-refractivity contribution in [3.8, 4) is 11.5 Å². The Labute approximate surface area is 171 Å². The van der Waals surface area contributed by atoms with E-state index in [0.717, 1.165) is 5.56 Å². The number of hydrogen-bond acceptors (Lipinski definition) is 6. The Balaban J connectivity index is 1.39. The SMILES string of the molecule is O=c1c(NCc2ccc(Oc3ccc(Cl)cc3)cc2)c(Nc2ccncc2)c1=O. The normalized spacial score (nSPS) is 10.7. The summed E-state index contributed by atoms with van der Waals surface area (Å²) in [5.74, 6) is 1.38. The van der Waals surface area contributed by atoms with Crippen molar-refractivity contribution in [2.45, 2.75) is 6.54 Å². The van der Waals surface area contributed by atoms with Gasteiger partial charge < -0.3 is 15.4 Å². The molecule has 0 spiro atoms. The molecule has 4 rings (SSSR count). The van der Waals surface area contributed by atoms with Gasteiger partial charge in [0, 0.05) is 29.6 Å². The van der Waals surface area contributed by atoms with Gasteiger partial charge >= 0.3 is 0 Å². The highest BCUT2D eigenvalue weighted by atomic mass is 35.5. The van der Waals surface area contributed by atoms with E-state index in [-0.39, 0.29) is 11.4 Å². The molecule has 144 valence electrons. The number of nitrogens with zero attached hydrogens (tertiary/aromatic N) is 1. The van der Waals surface area contributed by atoms with Crippen molar-refractivity contribution in [3.05, 3.63) is 104 Å². The fraction of sp³-hybridized carbons (Fsp3) is 0.0455. The van der Waals surface area contributed by atoms with Gasteiger partial charge in [0.2, 0.25) is 0 Å². The topological polar surface area (TPSA) is 80.3 Å². The number of halogens is 1. The first kappa shape index (κ1) is 18.7. The van der Waals surface area contributed by atoms with E-state index in [1.165, 1.54) is 0 Å². The van der Waals surface area contributed by atoms with E-state index < -0.39 is 10.9 Å². The quantitative estimate of drug-likeness (QED) is 0.441. The van der Waals surface area contributed by atoms with Crippen LogP contribution in [-0.2, 0) is 6.54 Å². The maximum absolute atomic E-state index is 11.9. The summed E-state index contributed by atoms with van der Waals surface area (Å²) in [6, 6.07) is 18.0. The van der Waals surface area contributed by atoms with Gasteiger partial charge in [0.05, 0.1) is 0 Å². The first-order valence-corrected chi connectivity index (χ1v) is 9.24. The Hall–Kier alpha value is -3.64. The molecular formula is C22H16ClN3O3. The molecule has 7 heteroatoms. The summed E-state index contributed by atoms with van der Waals surface area (Å²) in [5.41, 5.74) is 1.13. The van der Waals surface area contributed by atoms with E-state index in [1.807, 2.05) is 24.3 Å². The van der Waals surface area contributed by atoms with Gasteiger partial charge in [0.1, 0.15) is 22.9 Å². The minimum Gasteiger partial charge on any atom is -0.457 e. The molecule has 0 amide bonds. The second-order valence-electron chi connectivity index (χ2n) is 6.32. The molecule has 29 heavy (non-hydrogen) atoms. The van der Waals surface area contributed by atoms with Gasteiger partial charge in [-0.1, -0.05) is 23.7 Å². The molecule has 1 heterocycles. The molecule has 0 bridgehead atoms. The van der Waals surface area contributed by atoms with Crippen LogP contribution in [0.2, 0.25) is 5.02 Å². The van der Waals surface area contributed by atoms with Crippen molar-refractivity contribution >= 4 is 28.7 Å². The van der Waals surface area contributed by atoms with Gasteiger partial charge in [-0.3, -0.25) is 14.6 Å². The summed E-state index contributed by atoms with van der Waals surface area (Å²) in [6.45, 7) is 0.400. The van der Waals surface area contributed by atoms with Crippen LogP contribution in [0.4, 0.5) is 17.1 Å². The maximum Gasteiger partial charge on any atom is 0.253 e. The van der Waals surface area contributed by atoms with Crippen molar-refractivity contribution in [1.82, 2.24) is 4.98 Å². The third-order valence-corrected chi connectivity index (χ3v) is 4.55. The van der Waals surface area contributed by atoms with Crippen molar-refractivity contribution in [1.29, 1.82) is 0 Å². The zero-order valence-corrected chi connectivity index (χ0v) is 15.9. The summed E-state index contributed by atoms with van der Waals surface area (Å²) in [5, 5.41) is 6.65. The first-order valence-electron chi connectivity index (χ1n) is 8.87. The molecule has 4 aromatic rings. The molecule has 0 aliphatic carbocycles. The third-order valence-electron chi connectivity index (χ3n) is 4.30. The lowest BCUT2D eigenvalue weighted by molar-refractivity contribution is 0.482. The predicted octanol–water partition coefficient (Wildman–Crippen LogP) is 4.48. The van der Waals surface area contributed by atoms with E-state index in [0.29, 0.717) is 28.8 Å². The van der Waals surface area contributed by atoms with Crippen molar-refractivity contribution in [2.75, 3.05) is 10.6 Å². The number of benzene rings is 2. The Kier molecular flexibility index (Phi) is 5.27. The molecule has 0 saturated heterocycles. The average molecular weight is 406 g/mol. The minimum atomic E-state index is -0.531. The predicted molar refractivity (Wildman–Crippen MR) is 114 cm³/mol. The summed E-state index contributed by atoms with van der Waals surface area (Å²) in [4.78, 5) is 27.7. The monoisotopic (exact) mass is 405 g/mol. The highest BCUT2D eigenvalue weighted by Gasteiger charge is 2.20. The molecule has 2 N–H and O–H groups in total. The number of hydrogen-bond donors (Lipinski definition) is 2. The van der Waals surface area contributed by atoms with Crippen LogP contribution in [0.15, 0.2) is 82.6 Å². The van der Waals surface area contributed by atoms with Crippen molar-refractivity contribution in [3.63, 3.8) is 0 Å². The van der Waals surface area contributed by atoms with E-state index in [4.69, 9.17) is 16.3 Å².